The van der Waals surface area contributed by atoms with Gasteiger partial charge in [-0.3, -0.25) is 9.67 Å². The van der Waals surface area contributed by atoms with Crippen molar-refractivity contribution in [1.82, 2.24) is 14.8 Å². The van der Waals surface area contributed by atoms with Gasteiger partial charge in [0.2, 0.25) is 0 Å². The largest absolute Gasteiger partial charge is 0.493 e. The van der Waals surface area contributed by atoms with Crippen molar-refractivity contribution in [3.63, 3.8) is 0 Å². The minimum Gasteiger partial charge on any atom is -0.493 e. The summed E-state index contributed by atoms with van der Waals surface area (Å²) < 4.78 is 7.04. The molecule has 0 radical (unpaired) electrons. The highest BCUT2D eigenvalue weighted by molar-refractivity contribution is 5.84. The van der Waals surface area contributed by atoms with Crippen LogP contribution in [0.3, 0.4) is 0 Å². The Bertz CT molecular complexity index is 740. The summed E-state index contributed by atoms with van der Waals surface area (Å²) >= 11 is 0. The first-order chi connectivity index (χ1) is 10.3. The summed E-state index contributed by atoms with van der Waals surface area (Å²) in [4.78, 5) is 4.37. The quantitative estimate of drug-likeness (QED) is 0.799. The normalized spacial score (nSPS) is 12.5. The number of aryl methyl sites for hydroxylation is 1. The average Bonchev–Trinajstić information content (AvgIpc) is 2.96. The first-order valence-corrected chi connectivity index (χ1v) is 6.87. The number of aromatic nitrogens is 3. The van der Waals surface area contributed by atoms with Crippen LogP contribution in [-0.4, -0.2) is 27.0 Å². The summed E-state index contributed by atoms with van der Waals surface area (Å²) in [5, 5.41) is 17.0. The number of aliphatic hydroxyl groups excluding tert-OH is 1. The molecule has 0 fully saturated rings. The van der Waals surface area contributed by atoms with E-state index >= 15 is 0 Å². The van der Waals surface area contributed by atoms with E-state index in [-0.39, 0.29) is 0 Å². The lowest BCUT2D eigenvalue weighted by molar-refractivity contribution is 0.199. The molecule has 0 amide bonds. The van der Waals surface area contributed by atoms with Crippen molar-refractivity contribution in [3.05, 3.63) is 54.1 Å². The molecule has 2 aromatic heterocycles. The number of pyridine rings is 1. The summed E-state index contributed by atoms with van der Waals surface area (Å²) in [5.41, 5.74) is 1.24. The third-order valence-electron chi connectivity index (χ3n) is 3.59. The Morgan fingerprint density at radius 3 is 2.86 bits per heavy atom. The van der Waals surface area contributed by atoms with E-state index in [2.05, 4.69) is 10.1 Å². The van der Waals surface area contributed by atoms with Crippen molar-refractivity contribution in [2.75, 3.05) is 7.11 Å². The predicted molar refractivity (Wildman–Crippen MR) is 80.3 cm³/mol. The topological polar surface area (TPSA) is 60.2 Å². The van der Waals surface area contributed by atoms with Gasteiger partial charge in [0, 0.05) is 18.1 Å². The fourth-order valence-corrected chi connectivity index (χ4v) is 2.55. The maximum atomic E-state index is 10.8. The fraction of sp³-hybridized carbons (Fsp3) is 0.250. The molecule has 1 N–H and O–H groups in total. The molecule has 21 heavy (non-hydrogen) atoms. The van der Waals surface area contributed by atoms with E-state index in [9.17, 15) is 5.11 Å². The average molecular weight is 283 g/mol. The molecule has 5 nitrogen and oxygen atoms in total. The van der Waals surface area contributed by atoms with Crippen molar-refractivity contribution in [3.8, 4) is 5.75 Å². The zero-order valence-corrected chi connectivity index (χ0v) is 12.0. The smallest absolute Gasteiger partial charge is 0.163 e. The predicted octanol–water partition coefficient (Wildman–Crippen LogP) is 2.54. The number of fused-ring (bicyclic) bond motifs is 1. The Kier molecular flexibility index (Phi) is 3.58. The molecule has 1 atom stereocenters. The number of benzene rings is 1. The van der Waals surface area contributed by atoms with E-state index in [1.54, 1.807) is 24.2 Å². The lowest BCUT2D eigenvalue weighted by atomic mass is 10.0. The van der Waals surface area contributed by atoms with Crippen molar-refractivity contribution in [2.45, 2.75) is 19.6 Å². The zero-order chi connectivity index (χ0) is 14.8. The highest BCUT2D eigenvalue weighted by Crippen LogP contribution is 2.32. The lowest BCUT2D eigenvalue weighted by Crippen LogP contribution is -2.11. The molecule has 108 valence electrons. The fourth-order valence-electron chi connectivity index (χ4n) is 2.55. The number of methoxy groups -OCH3 is 1. The maximum Gasteiger partial charge on any atom is 0.163 e. The highest BCUT2D eigenvalue weighted by Gasteiger charge is 2.23. The second kappa shape index (κ2) is 5.54. The van der Waals surface area contributed by atoms with Crippen LogP contribution in [0, 0.1) is 0 Å². The number of nitrogens with zero attached hydrogens (tertiary/aromatic N) is 3. The van der Waals surface area contributed by atoms with Gasteiger partial charge in [0.05, 0.1) is 19.0 Å². The number of aliphatic hydroxyl groups is 1. The maximum absolute atomic E-state index is 10.8. The van der Waals surface area contributed by atoms with Gasteiger partial charge in [-0.15, -0.1) is 0 Å². The monoisotopic (exact) mass is 283 g/mol. The van der Waals surface area contributed by atoms with Crippen LogP contribution in [0.4, 0.5) is 0 Å². The first kappa shape index (κ1) is 13.6. The van der Waals surface area contributed by atoms with Gasteiger partial charge in [-0.05, 0) is 18.4 Å². The minimum atomic E-state index is -0.881. The van der Waals surface area contributed by atoms with Crippen molar-refractivity contribution >= 4 is 10.8 Å². The zero-order valence-electron chi connectivity index (χ0n) is 12.0. The van der Waals surface area contributed by atoms with Crippen LogP contribution >= 0.6 is 0 Å². The van der Waals surface area contributed by atoms with E-state index < -0.39 is 6.10 Å². The standard InChI is InChI=1S/C16H17N3O2/c1-3-19-15(13(21-2)10-18-19)16(20)14-12-7-5-4-6-11(12)8-9-17-14/h4-10,16,20H,3H2,1-2H3. The third kappa shape index (κ3) is 2.25. The van der Waals surface area contributed by atoms with Crippen molar-refractivity contribution in [1.29, 1.82) is 0 Å². The molecule has 0 spiro atoms. The molecule has 0 saturated carbocycles. The highest BCUT2D eigenvalue weighted by atomic mass is 16.5. The van der Waals surface area contributed by atoms with Crippen LogP contribution in [0.2, 0.25) is 0 Å². The SMILES string of the molecule is CCn1ncc(OC)c1C(O)c1nccc2ccccc12. The molecule has 2 heterocycles. The van der Waals surface area contributed by atoms with E-state index in [0.717, 1.165) is 10.8 Å². The van der Waals surface area contributed by atoms with Gasteiger partial charge in [0.15, 0.2) is 5.75 Å². The summed E-state index contributed by atoms with van der Waals surface area (Å²) in [5.74, 6) is 0.569. The molecular formula is C16H17N3O2. The molecule has 1 unspecified atom stereocenters. The summed E-state index contributed by atoms with van der Waals surface area (Å²) in [6.45, 7) is 2.62. The van der Waals surface area contributed by atoms with Crippen LogP contribution in [0.5, 0.6) is 5.75 Å². The van der Waals surface area contributed by atoms with Gasteiger partial charge >= 0.3 is 0 Å². The third-order valence-corrected chi connectivity index (χ3v) is 3.59. The molecule has 0 aliphatic heterocycles. The van der Waals surface area contributed by atoms with E-state index in [0.29, 0.717) is 23.7 Å². The molecule has 0 aliphatic carbocycles. The van der Waals surface area contributed by atoms with Crippen LogP contribution in [0.15, 0.2) is 42.7 Å². The van der Waals surface area contributed by atoms with Gasteiger partial charge in [-0.2, -0.15) is 5.10 Å². The van der Waals surface area contributed by atoms with Gasteiger partial charge < -0.3 is 9.84 Å². The number of ether oxygens (including phenoxy) is 1. The van der Waals surface area contributed by atoms with Gasteiger partial charge in [0.1, 0.15) is 11.8 Å². The second-order valence-electron chi connectivity index (χ2n) is 4.73. The molecule has 0 saturated heterocycles. The molecule has 1 aromatic carbocycles. The van der Waals surface area contributed by atoms with Crippen LogP contribution in [0.1, 0.15) is 24.4 Å². The Morgan fingerprint density at radius 2 is 2.10 bits per heavy atom. The summed E-state index contributed by atoms with van der Waals surface area (Å²) in [6, 6.07) is 9.80. The summed E-state index contributed by atoms with van der Waals surface area (Å²) in [7, 11) is 1.57. The van der Waals surface area contributed by atoms with Crippen LogP contribution in [-0.2, 0) is 6.54 Å². The molecule has 0 aliphatic rings. The molecule has 3 rings (SSSR count). The van der Waals surface area contributed by atoms with E-state index in [1.807, 2.05) is 37.3 Å². The van der Waals surface area contributed by atoms with Crippen LogP contribution in [0.25, 0.3) is 10.8 Å². The van der Waals surface area contributed by atoms with Crippen LogP contribution < -0.4 is 4.74 Å². The minimum absolute atomic E-state index is 0.569. The Balaban J connectivity index is 2.17. The number of rotatable bonds is 4. The lowest BCUT2D eigenvalue weighted by Gasteiger charge is -2.15. The van der Waals surface area contributed by atoms with Gasteiger partial charge in [-0.1, -0.05) is 24.3 Å². The summed E-state index contributed by atoms with van der Waals surface area (Å²) in [6.07, 6.45) is 2.45. The number of hydrogen-bond donors (Lipinski definition) is 1. The Morgan fingerprint density at radius 1 is 1.29 bits per heavy atom. The Hall–Kier alpha value is -2.40. The van der Waals surface area contributed by atoms with Gasteiger partial charge in [0.25, 0.3) is 0 Å². The first-order valence-electron chi connectivity index (χ1n) is 6.87. The van der Waals surface area contributed by atoms with Crippen molar-refractivity contribution in [2.24, 2.45) is 0 Å². The molecule has 3 aromatic rings. The van der Waals surface area contributed by atoms with Gasteiger partial charge in [-0.25, -0.2) is 0 Å². The van der Waals surface area contributed by atoms with Crippen molar-refractivity contribution < 1.29 is 9.84 Å². The second-order valence-corrected chi connectivity index (χ2v) is 4.73. The molecular weight excluding hydrogens is 266 g/mol. The van der Waals surface area contributed by atoms with E-state index in [4.69, 9.17) is 4.74 Å². The number of hydrogen-bond acceptors (Lipinski definition) is 4. The Labute approximate surface area is 122 Å². The van der Waals surface area contributed by atoms with E-state index in [1.165, 1.54) is 0 Å². The molecule has 5 heteroatoms. The molecule has 0 bridgehead atoms.